The lowest BCUT2D eigenvalue weighted by Crippen LogP contribution is -2.56. The number of fused-ring (bicyclic) bond motifs is 2. The maximum absolute atomic E-state index is 12.7. The van der Waals surface area contributed by atoms with Crippen molar-refractivity contribution in [1.29, 1.82) is 5.26 Å². The van der Waals surface area contributed by atoms with Gasteiger partial charge in [0.1, 0.15) is 17.8 Å². The fourth-order valence-electron chi connectivity index (χ4n) is 4.89. The second kappa shape index (κ2) is 5.89. The molecular formula is C18H23N7O2S. The fraction of sp³-hybridized carbons (Fsp3) is 0.611. The molecule has 2 aromatic rings. The Morgan fingerprint density at radius 1 is 1.43 bits per heavy atom. The van der Waals surface area contributed by atoms with Gasteiger partial charge in [-0.2, -0.15) is 22.7 Å². The summed E-state index contributed by atoms with van der Waals surface area (Å²) in [4.78, 5) is 13.8. The van der Waals surface area contributed by atoms with Crippen LogP contribution in [0.4, 0.5) is 5.82 Å². The highest BCUT2D eigenvalue weighted by Gasteiger charge is 2.69. The number of aromatic nitrogens is 3. The molecule has 5 rings (SSSR count). The standard InChI is InChI=1S/C18H23N7O2S/c1-11-15-7-25(9-18(11,15)8-19)28(26,27)23-12-5-13(6-12)24(2)17-14-3-4-20-16(14)21-10-22-17/h3-4,10-13,15,23H,5-7,9H2,1-2H3,(H,20,21,22)/t11-,12-,13+,15?,18-/m0/s1. The number of anilines is 1. The van der Waals surface area contributed by atoms with Gasteiger partial charge in [0, 0.05) is 38.4 Å². The van der Waals surface area contributed by atoms with Crippen LogP contribution in [-0.2, 0) is 10.2 Å². The predicted octanol–water partition coefficient (Wildman–Crippen LogP) is 0.851. The maximum Gasteiger partial charge on any atom is 0.279 e. The first kappa shape index (κ1) is 17.8. The first-order valence-corrected chi connectivity index (χ1v) is 11.0. The molecule has 0 aromatic carbocycles. The number of hydrogen-bond donors (Lipinski definition) is 2. The zero-order valence-corrected chi connectivity index (χ0v) is 16.6. The molecule has 10 heteroatoms. The molecule has 0 spiro atoms. The Labute approximate surface area is 163 Å². The van der Waals surface area contributed by atoms with E-state index in [9.17, 15) is 13.7 Å². The van der Waals surface area contributed by atoms with Crippen molar-refractivity contribution in [1.82, 2.24) is 24.0 Å². The fourth-order valence-corrected chi connectivity index (χ4v) is 6.39. The van der Waals surface area contributed by atoms with Crippen LogP contribution in [0.2, 0.25) is 0 Å². The van der Waals surface area contributed by atoms with Crippen LogP contribution < -0.4 is 9.62 Å². The molecule has 2 N–H and O–H groups in total. The summed E-state index contributed by atoms with van der Waals surface area (Å²) in [5.74, 6) is 1.32. The minimum atomic E-state index is -3.55. The van der Waals surface area contributed by atoms with E-state index >= 15 is 0 Å². The molecule has 3 heterocycles. The number of aromatic amines is 1. The molecule has 2 aliphatic carbocycles. The summed E-state index contributed by atoms with van der Waals surface area (Å²) in [6, 6.07) is 4.43. The normalized spacial score (nSPS) is 34.6. The number of nitriles is 1. The van der Waals surface area contributed by atoms with Crippen LogP contribution in [-0.4, -0.2) is 59.9 Å². The lowest BCUT2D eigenvalue weighted by molar-refractivity contribution is 0.305. The van der Waals surface area contributed by atoms with Crippen LogP contribution in [0.3, 0.4) is 0 Å². The third-order valence-electron chi connectivity index (χ3n) is 7.00. The maximum atomic E-state index is 12.7. The zero-order valence-electron chi connectivity index (χ0n) is 15.8. The van der Waals surface area contributed by atoms with Crippen LogP contribution in [0.15, 0.2) is 18.6 Å². The molecule has 0 bridgehead atoms. The molecule has 28 heavy (non-hydrogen) atoms. The topological polar surface area (TPSA) is 118 Å². The Hall–Kier alpha value is -2.22. The summed E-state index contributed by atoms with van der Waals surface area (Å²) in [5.41, 5.74) is 0.327. The third-order valence-corrected chi connectivity index (χ3v) is 8.59. The Balaban J connectivity index is 1.21. The smallest absolute Gasteiger partial charge is 0.279 e. The molecule has 1 saturated heterocycles. The van der Waals surface area contributed by atoms with Crippen LogP contribution in [0.5, 0.6) is 0 Å². The quantitative estimate of drug-likeness (QED) is 0.767. The third kappa shape index (κ3) is 2.46. The summed E-state index contributed by atoms with van der Waals surface area (Å²) < 4.78 is 29.7. The van der Waals surface area contributed by atoms with Gasteiger partial charge in [0.2, 0.25) is 0 Å². The van der Waals surface area contributed by atoms with E-state index in [0.717, 1.165) is 29.7 Å². The van der Waals surface area contributed by atoms with Gasteiger partial charge < -0.3 is 9.88 Å². The molecule has 1 unspecified atom stereocenters. The number of hydrogen-bond acceptors (Lipinski definition) is 6. The molecule has 148 valence electrons. The van der Waals surface area contributed by atoms with E-state index in [2.05, 4.69) is 30.6 Å². The average molecular weight is 401 g/mol. The molecule has 3 atom stereocenters. The van der Waals surface area contributed by atoms with Crippen LogP contribution in [0.1, 0.15) is 19.8 Å². The Morgan fingerprint density at radius 3 is 2.93 bits per heavy atom. The molecule has 0 radical (unpaired) electrons. The van der Waals surface area contributed by atoms with Crippen molar-refractivity contribution in [3.8, 4) is 6.07 Å². The highest BCUT2D eigenvalue weighted by atomic mass is 32.2. The predicted molar refractivity (Wildman–Crippen MR) is 103 cm³/mol. The highest BCUT2D eigenvalue weighted by Crippen LogP contribution is 2.62. The van der Waals surface area contributed by atoms with E-state index in [0.29, 0.717) is 19.0 Å². The highest BCUT2D eigenvalue weighted by molar-refractivity contribution is 7.87. The van der Waals surface area contributed by atoms with Gasteiger partial charge in [-0.1, -0.05) is 6.92 Å². The molecule has 2 saturated carbocycles. The largest absolute Gasteiger partial charge is 0.356 e. The number of nitrogens with one attached hydrogen (secondary N) is 2. The Morgan fingerprint density at radius 2 is 2.21 bits per heavy atom. The number of rotatable bonds is 5. The minimum absolute atomic E-state index is 0.0895. The first-order chi connectivity index (χ1) is 13.4. The van der Waals surface area contributed by atoms with E-state index in [4.69, 9.17) is 0 Å². The van der Waals surface area contributed by atoms with Crippen molar-refractivity contribution in [2.45, 2.75) is 31.8 Å². The van der Waals surface area contributed by atoms with Crippen LogP contribution >= 0.6 is 0 Å². The van der Waals surface area contributed by atoms with Crippen molar-refractivity contribution in [3.05, 3.63) is 18.6 Å². The molecule has 3 aliphatic rings. The summed E-state index contributed by atoms with van der Waals surface area (Å²) in [7, 11) is -1.57. The monoisotopic (exact) mass is 401 g/mol. The number of piperidine rings is 1. The van der Waals surface area contributed by atoms with Gasteiger partial charge in [0.25, 0.3) is 10.2 Å². The Kier molecular flexibility index (Phi) is 3.75. The van der Waals surface area contributed by atoms with Gasteiger partial charge in [-0.05, 0) is 30.7 Å². The molecule has 0 amide bonds. The van der Waals surface area contributed by atoms with E-state index in [-0.39, 0.29) is 18.0 Å². The molecule has 9 nitrogen and oxygen atoms in total. The van der Waals surface area contributed by atoms with Crippen LogP contribution in [0, 0.1) is 28.6 Å². The van der Waals surface area contributed by atoms with Crippen molar-refractivity contribution in [3.63, 3.8) is 0 Å². The SMILES string of the molecule is C[C@H]1C2CN(S(=O)(=O)N[C@H]3C[C@@H](N(C)c4ncnc5[nH]ccc45)C3)C[C@]21C#N. The van der Waals surface area contributed by atoms with Crippen molar-refractivity contribution < 1.29 is 8.42 Å². The second-order valence-electron chi connectivity index (χ2n) is 8.33. The van der Waals surface area contributed by atoms with Crippen molar-refractivity contribution in [2.75, 3.05) is 25.0 Å². The van der Waals surface area contributed by atoms with Gasteiger partial charge >= 0.3 is 0 Å². The van der Waals surface area contributed by atoms with Gasteiger partial charge in [-0.15, -0.1) is 0 Å². The number of nitrogens with zero attached hydrogens (tertiary/aromatic N) is 5. The molecule has 3 fully saturated rings. The van der Waals surface area contributed by atoms with Gasteiger partial charge in [-0.25, -0.2) is 9.97 Å². The number of H-pyrrole nitrogens is 1. The van der Waals surface area contributed by atoms with Gasteiger partial charge in [-0.3, -0.25) is 0 Å². The van der Waals surface area contributed by atoms with E-state index in [1.165, 1.54) is 10.6 Å². The second-order valence-corrected chi connectivity index (χ2v) is 10.0. The lowest BCUT2D eigenvalue weighted by atomic mass is 9.86. The molecule has 2 aromatic heterocycles. The van der Waals surface area contributed by atoms with Gasteiger partial charge in [0.15, 0.2) is 0 Å². The first-order valence-electron chi connectivity index (χ1n) is 9.55. The van der Waals surface area contributed by atoms with Crippen LogP contribution in [0.25, 0.3) is 11.0 Å². The minimum Gasteiger partial charge on any atom is -0.356 e. The summed E-state index contributed by atoms with van der Waals surface area (Å²) >= 11 is 0. The summed E-state index contributed by atoms with van der Waals surface area (Å²) in [6.07, 6.45) is 4.82. The summed E-state index contributed by atoms with van der Waals surface area (Å²) in [5, 5.41) is 10.4. The van der Waals surface area contributed by atoms with E-state index < -0.39 is 15.6 Å². The molecular weight excluding hydrogens is 378 g/mol. The average Bonchev–Trinajstić information content (AvgIpc) is 3.07. The van der Waals surface area contributed by atoms with E-state index in [1.807, 2.05) is 26.2 Å². The molecule has 1 aliphatic heterocycles. The van der Waals surface area contributed by atoms with Crippen molar-refractivity contribution >= 4 is 27.1 Å². The van der Waals surface area contributed by atoms with E-state index in [1.54, 1.807) is 0 Å². The Bertz CT molecular complexity index is 1070. The lowest BCUT2D eigenvalue weighted by Gasteiger charge is -2.42. The summed E-state index contributed by atoms with van der Waals surface area (Å²) in [6.45, 7) is 2.80. The van der Waals surface area contributed by atoms with Gasteiger partial charge in [0.05, 0.1) is 16.9 Å². The van der Waals surface area contributed by atoms with Crippen molar-refractivity contribution in [2.24, 2.45) is 17.3 Å². The zero-order chi connectivity index (χ0) is 19.7.